The number of nitrogens with zero attached hydrogens (tertiary/aromatic N) is 1. The van der Waals surface area contributed by atoms with Gasteiger partial charge in [0.25, 0.3) is 17.1 Å². The molecule has 0 aliphatic carbocycles. The Hall–Kier alpha value is -4.37. The molecule has 0 atom stereocenters. The first kappa shape index (κ1) is 25.7. The summed E-state index contributed by atoms with van der Waals surface area (Å²) in [6.07, 6.45) is 1.58. The Balaban J connectivity index is 1.31. The number of hydrogen-bond donors (Lipinski definition) is 2. The molecule has 0 radical (unpaired) electrons. The molecule has 1 aliphatic heterocycles. The van der Waals surface area contributed by atoms with Crippen LogP contribution in [-0.2, 0) is 14.4 Å². The molecular formula is C28H25N3O5S. The molecule has 1 saturated heterocycles. The van der Waals surface area contributed by atoms with Crippen molar-refractivity contribution in [3.63, 3.8) is 0 Å². The molecular weight excluding hydrogens is 490 g/mol. The van der Waals surface area contributed by atoms with Gasteiger partial charge >= 0.3 is 0 Å². The zero-order valence-electron chi connectivity index (χ0n) is 20.3. The molecule has 0 spiro atoms. The van der Waals surface area contributed by atoms with Gasteiger partial charge in [-0.1, -0.05) is 36.4 Å². The maximum absolute atomic E-state index is 12.7. The monoisotopic (exact) mass is 515 g/mol. The molecule has 188 valence electrons. The summed E-state index contributed by atoms with van der Waals surface area (Å²) >= 11 is 0.782. The quantitative estimate of drug-likeness (QED) is 0.409. The van der Waals surface area contributed by atoms with Crippen LogP contribution in [0.4, 0.5) is 16.2 Å². The van der Waals surface area contributed by atoms with Crippen LogP contribution in [0.25, 0.3) is 6.08 Å². The molecule has 37 heavy (non-hydrogen) atoms. The normalized spacial score (nSPS) is 14.1. The van der Waals surface area contributed by atoms with E-state index in [1.807, 2.05) is 44.2 Å². The third kappa shape index (κ3) is 7.08. The molecule has 4 amide bonds. The summed E-state index contributed by atoms with van der Waals surface area (Å²) in [4.78, 5) is 50.8. The molecule has 9 heteroatoms. The zero-order valence-corrected chi connectivity index (χ0v) is 21.1. The first-order valence-electron chi connectivity index (χ1n) is 11.5. The predicted octanol–water partition coefficient (Wildman–Crippen LogP) is 5.00. The Bertz CT molecular complexity index is 1380. The minimum absolute atomic E-state index is 0.156. The molecule has 1 fully saturated rings. The van der Waals surface area contributed by atoms with Gasteiger partial charge in [-0.2, -0.15) is 0 Å². The van der Waals surface area contributed by atoms with Crippen molar-refractivity contribution in [1.29, 1.82) is 0 Å². The summed E-state index contributed by atoms with van der Waals surface area (Å²) in [5.74, 6) is -0.781. The van der Waals surface area contributed by atoms with E-state index in [4.69, 9.17) is 4.74 Å². The number of carbonyl (C=O) groups is 4. The van der Waals surface area contributed by atoms with Gasteiger partial charge in [0.1, 0.15) is 12.3 Å². The Kier molecular flexibility index (Phi) is 8.05. The summed E-state index contributed by atoms with van der Waals surface area (Å²) in [5.41, 5.74) is 3.99. The van der Waals surface area contributed by atoms with Crippen molar-refractivity contribution in [2.24, 2.45) is 0 Å². The molecule has 1 aliphatic rings. The highest BCUT2D eigenvalue weighted by molar-refractivity contribution is 8.18. The average Bonchev–Trinajstić information content (AvgIpc) is 3.11. The summed E-state index contributed by atoms with van der Waals surface area (Å²) in [5, 5.41) is 4.97. The topological polar surface area (TPSA) is 105 Å². The number of anilines is 2. The lowest BCUT2D eigenvalue weighted by molar-refractivity contribution is -0.127. The second kappa shape index (κ2) is 11.6. The Morgan fingerprint density at radius 3 is 2.05 bits per heavy atom. The predicted molar refractivity (Wildman–Crippen MR) is 144 cm³/mol. The molecule has 0 aromatic heterocycles. The van der Waals surface area contributed by atoms with E-state index in [-0.39, 0.29) is 24.0 Å². The number of benzene rings is 3. The summed E-state index contributed by atoms with van der Waals surface area (Å²) in [6.45, 7) is 3.32. The number of amides is 4. The largest absolute Gasteiger partial charge is 0.484 e. The van der Waals surface area contributed by atoms with Crippen molar-refractivity contribution in [3.8, 4) is 5.75 Å². The molecule has 0 bridgehead atoms. The van der Waals surface area contributed by atoms with E-state index in [0.717, 1.165) is 27.8 Å². The van der Waals surface area contributed by atoms with Gasteiger partial charge in [0, 0.05) is 11.4 Å². The van der Waals surface area contributed by atoms with Crippen LogP contribution in [0.2, 0.25) is 0 Å². The van der Waals surface area contributed by atoms with Gasteiger partial charge in [-0.3, -0.25) is 24.1 Å². The fourth-order valence-corrected chi connectivity index (χ4v) is 4.42. The fourth-order valence-electron chi connectivity index (χ4n) is 3.58. The van der Waals surface area contributed by atoms with Crippen molar-refractivity contribution in [1.82, 2.24) is 4.90 Å². The number of thioether (sulfide) groups is 1. The summed E-state index contributed by atoms with van der Waals surface area (Å²) in [7, 11) is 0. The second-order valence-electron chi connectivity index (χ2n) is 8.46. The van der Waals surface area contributed by atoms with Gasteiger partial charge in [-0.15, -0.1) is 0 Å². The molecule has 0 unspecified atom stereocenters. The second-order valence-corrected chi connectivity index (χ2v) is 9.45. The van der Waals surface area contributed by atoms with Crippen LogP contribution in [0, 0.1) is 13.8 Å². The number of imide groups is 1. The van der Waals surface area contributed by atoms with Crippen LogP contribution in [-0.4, -0.2) is 41.0 Å². The number of ether oxygens (including phenoxy) is 1. The third-order valence-electron chi connectivity index (χ3n) is 5.33. The lowest BCUT2D eigenvalue weighted by Gasteiger charge is -2.12. The highest BCUT2D eigenvalue weighted by Gasteiger charge is 2.36. The van der Waals surface area contributed by atoms with Gasteiger partial charge < -0.3 is 15.4 Å². The Labute approximate surface area is 218 Å². The van der Waals surface area contributed by atoms with Crippen molar-refractivity contribution >= 4 is 52.2 Å². The van der Waals surface area contributed by atoms with Crippen LogP contribution in [0.15, 0.2) is 77.7 Å². The van der Waals surface area contributed by atoms with Crippen LogP contribution in [0.5, 0.6) is 5.75 Å². The molecule has 1 heterocycles. The minimum atomic E-state index is -0.525. The SMILES string of the molecule is Cc1cccc(NC(=O)COc2ccc(/C=C3/SC(=O)N(CC(=O)Nc4cccc(C)c4)C3=O)cc2)c1. The van der Waals surface area contributed by atoms with Crippen LogP contribution in [0.1, 0.15) is 16.7 Å². The average molecular weight is 516 g/mol. The van der Waals surface area contributed by atoms with Gasteiger partial charge in [0.05, 0.1) is 4.91 Å². The van der Waals surface area contributed by atoms with Crippen molar-refractivity contribution in [2.75, 3.05) is 23.8 Å². The van der Waals surface area contributed by atoms with Crippen molar-refractivity contribution in [3.05, 3.63) is 94.4 Å². The number of aryl methyl sites for hydroxylation is 2. The fraction of sp³-hybridized carbons (Fsp3) is 0.143. The minimum Gasteiger partial charge on any atom is -0.484 e. The van der Waals surface area contributed by atoms with E-state index in [1.165, 1.54) is 0 Å². The maximum atomic E-state index is 12.7. The van der Waals surface area contributed by atoms with Crippen molar-refractivity contribution < 1.29 is 23.9 Å². The van der Waals surface area contributed by atoms with Crippen LogP contribution < -0.4 is 15.4 Å². The molecule has 3 aromatic rings. The van der Waals surface area contributed by atoms with Crippen LogP contribution in [0.3, 0.4) is 0 Å². The number of carbonyl (C=O) groups excluding carboxylic acids is 4. The lowest BCUT2D eigenvalue weighted by Crippen LogP contribution is -2.36. The van der Waals surface area contributed by atoms with Gasteiger partial charge in [-0.25, -0.2) is 0 Å². The smallest absolute Gasteiger partial charge is 0.294 e. The zero-order chi connectivity index (χ0) is 26.4. The molecule has 4 rings (SSSR count). The lowest BCUT2D eigenvalue weighted by atomic mass is 10.2. The molecule has 8 nitrogen and oxygen atoms in total. The van der Waals surface area contributed by atoms with Gasteiger partial charge in [-0.05, 0) is 84.8 Å². The molecule has 2 N–H and O–H groups in total. The first-order valence-corrected chi connectivity index (χ1v) is 12.3. The van der Waals surface area contributed by atoms with Crippen LogP contribution >= 0.6 is 11.8 Å². The number of nitrogens with one attached hydrogen (secondary N) is 2. The van der Waals surface area contributed by atoms with E-state index in [0.29, 0.717) is 22.7 Å². The standard InChI is InChI=1S/C28H25N3O5S/c1-18-5-3-7-21(13-18)29-25(32)16-31-27(34)24(37-28(31)35)15-20-9-11-23(12-10-20)36-17-26(33)30-22-8-4-6-19(2)14-22/h3-15H,16-17H2,1-2H3,(H,29,32)(H,30,33)/b24-15+. The highest BCUT2D eigenvalue weighted by atomic mass is 32.2. The van der Waals surface area contributed by atoms with Gasteiger partial charge in [0.2, 0.25) is 5.91 Å². The van der Waals surface area contributed by atoms with E-state index in [9.17, 15) is 19.2 Å². The molecule has 3 aromatic carbocycles. The summed E-state index contributed by atoms with van der Waals surface area (Å²) < 4.78 is 5.54. The molecule has 0 saturated carbocycles. The Morgan fingerprint density at radius 2 is 1.46 bits per heavy atom. The van der Waals surface area contributed by atoms with Gasteiger partial charge in [0.15, 0.2) is 6.61 Å². The maximum Gasteiger partial charge on any atom is 0.294 e. The summed E-state index contributed by atoms with van der Waals surface area (Å²) in [6, 6.07) is 21.5. The number of hydrogen-bond acceptors (Lipinski definition) is 6. The van der Waals surface area contributed by atoms with E-state index in [1.54, 1.807) is 48.5 Å². The van der Waals surface area contributed by atoms with E-state index < -0.39 is 17.1 Å². The van der Waals surface area contributed by atoms with Crippen molar-refractivity contribution in [2.45, 2.75) is 13.8 Å². The Morgan fingerprint density at radius 1 is 0.865 bits per heavy atom. The first-order chi connectivity index (χ1) is 17.8. The third-order valence-corrected chi connectivity index (χ3v) is 6.23. The highest BCUT2D eigenvalue weighted by Crippen LogP contribution is 2.32. The number of rotatable bonds is 8. The van der Waals surface area contributed by atoms with E-state index in [2.05, 4.69) is 10.6 Å². The van der Waals surface area contributed by atoms with E-state index >= 15 is 0 Å².